The summed E-state index contributed by atoms with van der Waals surface area (Å²) in [5, 5.41) is 14.8. The molecule has 1 amide bonds. The number of amides is 1. The summed E-state index contributed by atoms with van der Waals surface area (Å²) in [6.07, 6.45) is 0.808. The molecule has 1 rings (SSSR count). The van der Waals surface area contributed by atoms with Gasteiger partial charge in [-0.2, -0.15) is 0 Å². The maximum Gasteiger partial charge on any atom is 0.234 e. The molecule has 1 atom stereocenters. The Hall–Kier alpha value is -1.39. The summed E-state index contributed by atoms with van der Waals surface area (Å²) >= 11 is 0. The summed E-state index contributed by atoms with van der Waals surface area (Å²) in [6, 6.07) is 9.77. The van der Waals surface area contributed by atoms with Crippen LogP contribution in [-0.4, -0.2) is 30.2 Å². The van der Waals surface area contributed by atoms with Crippen LogP contribution in [0, 0.1) is 0 Å². The second kappa shape index (κ2) is 7.81. The quantitative estimate of drug-likeness (QED) is 0.652. The molecular weight excluding hydrogens is 216 g/mol. The minimum Gasteiger partial charge on any atom is -0.395 e. The highest BCUT2D eigenvalue weighted by atomic mass is 16.3. The van der Waals surface area contributed by atoms with E-state index in [0.29, 0.717) is 6.54 Å². The van der Waals surface area contributed by atoms with Crippen molar-refractivity contribution in [3.63, 3.8) is 0 Å². The van der Waals surface area contributed by atoms with Gasteiger partial charge in [0.05, 0.1) is 13.2 Å². The van der Waals surface area contributed by atoms with E-state index in [4.69, 9.17) is 5.11 Å². The molecule has 0 saturated carbocycles. The number of carbonyl (C=O) groups excluding carboxylic acids is 1. The monoisotopic (exact) mass is 236 g/mol. The van der Waals surface area contributed by atoms with Crippen molar-refractivity contribution in [1.29, 1.82) is 0 Å². The first kappa shape index (κ1) is 13.7. The number of aliphatic hydroxyl groups is 1. The fourth-order valence-corrected chi connectivity index (χ4v) is 1.43. The molecule has 1 aromatic carbocycles. The summed E-state index contributed by atoms with van der Waals surface area (Å²) < 4.78 is 0. The first-order valence-corrected chi connectivity index (χ1v) is 5.91. The summed E-state index contributed by atoms with van der Waals surface area (Å²) in [6.45, 7) is 2.81. The van der Waals surface area contributed by atoms with Crippen LogP contribution in [0.25, 0.3) is 0 Å². The van der Waals surface area contributed by atoms with Gasteiger partial charge in [0.2, 0.25) is 5.91 Å². The summed E-state index contributed by atoms with van der Waals surface area (Å²) in [5.41, 5.74) is 1.08. The van der Waals surface area contributed by atoms with Crippen molar-refractivity contribution in [2.75, 3.05) is 13.2 Å². The maximum absolute atomic E-state index is 11.5. The SMILES string of the molecule is CCC(CO)NCC(=O)NCc1ccccc1. The normalized spacial score (nSPS) is 12.1. The van der Waals surface area contributed by atoms with Gasteiger partial charge in [-0.15, -0.1) is 0 Å². The Morgan fingerprint density at radius 3 is 2.65 bits per heavy atom. The van der Waals surface area contributed by atoms with Crippen LogP contribution in [0.5, 0.6) is 0 Å². The molecule has 0 aliphatic carbocycles. The number of aliphatic hydroxyl groups excluding tert-OH is 1. The molecule has 0 saturated heterocycles. The van der Waals surface area contributed by atoms with Gasteiger partial charge in [0.15, 0.2) is 0 Å². The van der Waals surface area contributed by atoms with Crippen molar-refractivity contribution in [3.8, 4) is 0 Å². The highest BCUT2D eigenvalue weighted by Crippen LogP contribution is 1.96. The van der Waals surface area contributed by atoms with Gasteiger partial charge in [0.25, 0.3) is 0 Å². The zero-order valence-corrected chi connectivity index (χ0v) is 10.1. The lowest BCUT2D eigenvalue weighted by Gasteiger charge is -2.13. The molecule has 1 aromatic rings. The molecule has 1 unspecified atom stereocenters. The molecule has 0 fully saturated rings. The average molecular weight is 236 g/mol. The molecule has 4 nitrogen and oxygen atoms in total. The smallest absolute Gasteiger partial charge is 0.234 e. The molecular formula is C13H20N2O2. The first-order chi connectivity index (χ1) is 8.26. The van der Waals surface area contributed by atoms with Crippen LogP contribution >= 0.6 is 0 Å². The maximum atomic E-state index is 11.5. The molecule has 0 spiro atoms. The number of hydrogen-bond donors (Lipinski definition) is 3. The van der Waals surface area contributed by atoms with Crippen molar-refractivity contribution >= 4 is 5.91 Å². The molecule has 0 aromatic heterocycles. The van der Waals surface area contributed by atoms with E-state index < -0.39 is 0 Å². The number of carbonyl (C=O) groups is 1. The Bertz CT molecular complexity index is 323. The minimum absolute atomic E-state index is 0.00234. The van der Waals surface area contributed by atoms with Gasteiger partial charge in [-0.05, 0) is 12.0 Å². The van der Waals surface area contributed by atoms with Gasteiger partial charge in [-0.3, -0.25) is 4.79 Å². The third kappa shape index (κ3) is 5.47. The second-order valence-electron chi connectivity index (χ2n) is 3.93. The number of rotatable bonds is 7. The molecule has 0 heterocycles. The van der Waals surface area contributed by atoms with E-state index in [-0.39, 0.29) is 25.1 Å². The molecule has 17 heavy (non-hydrogen) atoms. The van der Waals surface area contributed by atoms with E-state index >= 15 is 0 Å². The van der Waals surface area contributed by atoms with E-state index in [2.05, 4.69) is 10.6 Å². The van der Waals surface area contributed by atoms with E-state index in [1.54, 1.807) is 0 Å². The molecule has 0 bridgehead atoms. The van der Waals surface area contributed by atoms with Crippen molar-refractivity contribution in [2.45, 2.75) is 25.9 Å². The standard InChI is InChI=1S/C13H20N2O2/c1-2-12(10-16)14-9-13(17)15-8-11-6-4-3-5-7-11/h3-7,12,14,16H,2,8-10H2,1H3,(H,15,17). The van der Waals surface area contributed by atoms with E-state index in [0.717, 1.165) is 12.0 Å². The number of hydrogen-bond acceptors (Lipinski definition) is 3. The Morgan fingerprint density at radius 1 is 1.35 bits per heavy atom. The van der Waals surface area contributed by atoms with Crippen LogP contribution in [0.3, 0.4) is 0 Å². The Morgan fingerprint density at radius 2 is 2.06 bits per heavy atom. The summed E-state index contributed by atoms with van der Waals surface area (Å²) in [4.78, 5) is 11.5. The van der Waals surface area contributed by atoms with Crippen LogP contribution in [0.2, 0.25) is 0 Å². The van der Waals surface area contributed by atoms with E-state index in [1.165, 1.54) is 0 Å². The molecule has 3 N–H and O–H groups in total. The first-order valence-electron chi connectivity index (χ1n) is 5.91. The minimum atomic E-state index is -0.0549. The third-order valence-electron chi connectivity index (χ3n) is 2.60. The van der Waals surface area contributed by atoms with Gasteiger partial charge in [0.1, 0.15) is 0 Å². The number of benzene rings is 1. The van der Waals surface area contributed by atoms with Crippen LogP contribution in [0.15, 0.2) is 30.3 Å². The fourth-order valence-electron chi connectivity index (χ4n) is 1.43. The third-order valence-corrected chi connectivity index (χ3v) is 2.60. The predicted molar refractivity (Wildman–Crippen MR) is 67.5 cm³/mol. The number of nitrogens with one attached hydrogen (secondary N) is 2. The summed E-state index contributed by atoms with van der Waals surface area (Å²) in [5.74, 6) is -0.0549. The van der Waals surface area contributed by atoms with Gasteiger partial charge < -0.3 is 15.7 Å². The lowest BCUT2D eigenvalue weighted by molar-refractivity contribution is -0.120. The topological polar surface area (TPSA) is 61.4 Å². The molecule has 4 heteroatoms. The Balaban J connectivity index is 2.22. The van der Waals surface area contributed by atoms with Gasteiger partial charge in [-0.25, -0.2) is 0 Å². The average Bonchev–Trinajstić information content (AvgIpc) is 2.39. The Kier molecular flexibility index (Phi) is 6.29. The van der Waals surface area contributed by atoms with Crippen molar-refractivity contribution in [2.24, 2.45) is 0 Å². The Labute approximate surface area is 102 Å². The fraction of sp³-hybridized carbons (Fsp3) is 0.462. The van der Waals surface area contributed by atoms with E-state index in [1.807, 2.05) is 37.3 Å². The van der Waals surface area contributed by atoms with Crippen LogP contribution in [0.4, 0.5) is 0 Å². The molecule has 0 radical (unpaired) electrons. The molecule has 0 aliphatic rings. The lowest BCUT2D eigenvalue weighted by atomic mass is 10.2. The zero-order chi connectivity index (χ0) is 12.5. The second-order valence-corrected chi connectivity index (χ2v) is 3.93. The zero-order valence-electron chi connectivity index (χ0n) is 10.1. The van der Waals surface area contributed by atoms with Crippen molar-refractivity contribution in [3.05, 3.63) is 35.9 Å². The van der Waals surface area contributed by atoms with Crippen LogP contribution in [0.1, 0.15) is 18.9 Å². The highest BCUT2D eigenvalue weighted by Gasteiger charge is 2.06. The van der Waals surface area contributed by atoms with Gasteiger partial charge in [0, 0.05) is 12.6 Å². The lowest BCUT2D eigenvalue weighted by Crippen LogP contribution is -2.40. The highest BCUT2D eigenvalue weighted by molar-refractivity contribution is 5.78. The molecule has 94 valence electrons. The molecule has 0 aliphatic heterocycles. The van der Waals surface area contributed by atoms with Gasteiger partial charge >= 0.3 is 0 Å². The van der Waals surface area contributed by atoms with Crippen molar-refractivity contribution in [1.82, 2.24) is 10.6 Å². The van der Waals surface area contributed by atoms with Crippen LogP contribution < -0.4 is 10.6 Å². The van der Waals surface area contributed by atoms with E-state index in [9.17, 15) is 4.79 Å². The summed E-state index contributed by atoms with van der Waals surface area (Å²) in [7, 11) is 0. The van der Waals surface area contributed by atoms with Gasteiger partial charge in [-0.1, -0.05) is 37.3 Å². The largest absolute Gasteiger partial charge is 0.395 e. The predicted octanol–water partition coefficient (Wildman–Crippen LogP) is 0.663. The van der Waals surface area contributed by atoms with Crippen molar-refractivity contribution < 1.29 is 9.90 Å². The van der Waals surface area contributed by atoms with Crippen LogP contribution in [-0.2, 0) is 11.3 Å².